The topological polar surface area (TPSA) is 83.0 Å². The molecule has 0 radical (unpaired) electrons. The van der Waals surface area contributed by atoms with Crippen LogP contribution in [0.2, 0.25) is 0 Å². The fraction of sp³-hybridized carbons (Fsp3) is 0.188. The molecule has 7 nitrogen and oxygen atoms in total. The number of hydrogen-bond donors (Lipinski definition) is 0. The van der Waals surface area contributed by atoms with Crippen LogP contribution in [0.25, 0.3) is 5.65 Å². The summed E-state index contributed by atoms with van der Waals surface area (Å²) in [5.74, 6) is 0.442. The molecule has 7 heteroatoms. The van der Waals surface area contributed by atoms with Gasteiger partial charge in [-0.25, -0.2) is 9.78 Å². The lowest BCUT2D eigenvalue weighted by Gasteiger charge is -2.08. The summed E-state index contributed by atoms with van der Waals surface area (Å²) >= 11 is 0. The molecule has 0 bridgehead atoms. The first-order chi connectivity index (χ1) is 11.1. The second kappa shape index (κ2) is 5.96. The summed E-state index contributed by atoms with van der Waals surface area (Å²) in [5.41, 5.74) is 0.663. The van der Waals surface area contributed by atoms with Gasteiger partial charge in [0.1, 0.15) is 23.7 Å². The number of benzene rings is 1. The standard InChI is InChI=1S/C16H14N2O5/c1-10-7-14-17-11(8-15(19)18(14)23-10)9-22-16(20)12-5-3-4-6-13(12)21-2/h3-8H,9H2,1-2H3. The van der Waals surface area contributed by atoms with E-state index in [9.17, 15) is 9.59 Å². The summed E-state index contributed by atoms with van der Waals surface area (Å²) in [7, 11) is 1.48. The van der Waals surface area contributed by atoms with Crippen LogP contribution in [0.15, 0.2) is 45.7 Å². The molecule has 2 aromatic heterocycles. The molecule has 0 amide bonds. The van der Waals surface area contributed by atoms with E-state index in [-0.39, 0.29) is 12.2 Å². The fourth-order valence-corrected chi connectivity index (χ4v) is 2.18. The van der Waals surface area contributed by atoms with E-state index in [4.69, 9.17) is 14.0 Å². The molecule has 0 saturated carbocycles. The highest BCUT2D eigenvalue weighted by molar-refractivity contribution is 5.92. The predicted molar refractivity (Wildman–Crippen MR) is 80.6 cm³/mol. The third-order valence-corrected chi connectivity index (χ3v) is 3.20. The number of aromatic nitrogens is 2. The van der Waals surface area contributed by atoms with E-state index in [2.05, 4.69) is 4.98 Å². The van der Waals surface area contributed by atoms with E-state index in [1.807, 2.05) is 0 Å². The molecule has 0 saturated heterocycles. The van der Waals surface area contributed by atoms with E-state index in [1.54, 1.807) is 37.3 Å². The molecule has 2 heterocycles. The second-order valence-electron chi connectivity index (χ2n) is 4.86. The minimum Gasteiger partial charge on any atom is -0.496 e. The molecule has 0 fully saturated rings. The Morgan fingerprint density at radius 2 is 2.09 bits per heavy atom. The van der Waals surface area contributed by atoms with Gasteiger partial charge in [0.15, 0.2) is 5.65 Å². The van der Waals surface area contributed by atoms with Gasteiger partial charge in [0.05, 0.1) is 12.8 Å². The summed E-state index contributed by atoms with van der Waals surface area (Å²) < 4.78 is 16.6. The van der Waals surface area contributed by atoms with Gasteiger partial charge in [0.25, 0.3) is 5.56 Å². The molecular weight excluding hydrogens is 300 g/mol. The van der Waals surface area contributed by atoms with Crippen molar-refractivity contribution in [3.63, 3.8) is 0 Å². The van der Waals surface area contributed by atoms with E-state index >= 15 is 0 Å². The third-order valence-electron chi connectivity index (χ3n) is 3.20. The minimum absolute atomic E-state index is 0.118. The molecule has 0 aliphatic heterocycles. The number of rotatable bonds is 4. The summed E-state index contributed by atoms with van der Waals surface area (Å²) in [6.07, 6.45) is 0. The molecular formula is C16H14N2O5. The number of aryl methyl sites for hydroxylation is 1. The maximum Gasteiger partial charge on any atom is 0.342 e. The molecule has 0 atom stereocenters. The average molecular weight is 314 g/mol. The van der Waals surface area contributed by atoms with Crippen molar-refractivity contribution in [2.75, 3.05) is 7.11 Å². The van der Waals surface area contributed by atoms with E-state index in [1.165, 1.54) is 13.2 Å². The molecule has 0 aliphatic rings. The van der Waals surface area contributed by atoms with Gasteiger partial charge in [-0.1, -0.05) is 12.1 Å². The van der Waals surface area contributed by atoms with Crippen molar-refractivity contribution in [3.8, 4) is 5.75 Å². The number of hydrogen-bond acceptors (Lipinski definition) is 6. The summed E-state index contributed by atoms with van der Waals surface area (Å²) in [4.78, 5) is 28.2. The number of fused-ring (bicyclic) bond motifs is 1. The first-order valence-electron chi connectivity index (χ1n) is 6.88. The first kappa shape index (κ1) is 14.8. The lowest BCUT2D eigenvalue weighted by atomic mass is 10.2. The Bertz CT molecular complexity index is 926. The van der Waals surface area contributed by atoms with Crippen LogP contribution in [0, 0.1) is 6.92 Å². The van der Waals surface area contributed by atoms with Crippen LogP contribution >= 0.6 is 0 Å². The molecule has 3 rings (SSSR count). The largest absolute Gasteiger partial charge is 0.496 e. The van der Waals surface area contributed by atoms with Crippen LogP contribution in [-0.4, -0.2) is 22.6 Å². The number of nitrogens with zero attached hydrogens (tertiary/aromatic N) is 2. The molecule has 0 spiro atoms. The SMILES string of the molecule is COc1ccccc1C(=O)OCc1cc(=O)n2oc(C)cc2n1. The lowest BCUT2D eigenvalue weighted by Crippen LogP contribution is -2.15. The number of carbonyl (C=O) groups excluding carboxylic acids is 1. The molecule has 23 heavy (non-hydrogen) atoms. The van der Waals surface area contributed by atoms with Crippen molar-refractivity contribution in [1.82, 2.24) is 9.56 Å². The highest BCUT2D eigenvalue weighted by Gasteiger charge is 2.14. The van der Waals surface area contributed by atoms with Crippen molar-refractivity contribution in [1.29, 1.82) is 0 Å². The van der Waals surface area contributed by atoms with Gasteiger partial charge in [0, 0.05) is 12.1 Å². The summed E-state index contributed by atoms with van der Waals surface area (Å²) in [6.45, 7) is 1.60. The van der Waals surface area contributed by atoms with Crippen LogP contribution in [-0.2, 0) is 11.3 Å². The quantitative estimate of drug-likeness (QED) is 0.685. The Kier molecular flexibility index (Phi) is 3.84. The summed E-state index contributed by atoms with van der Waals surface area (Å²) in [6, 6.07) is 9.64. The fourth-order valence-electron chi connectivity index (χ4n) is 2.18. The van der Waals surface area contributed by atoms with Gasteiger partial charge in [-0.15, -0.1) is 4.57 Å². The number of esters is 1. The van der Waals surface area contributed by atoms with E-state index in [0.717, 1.165) is 4.57 Å². The van der Waals surface area contributed by atoms with Crippen LogP contribution in [0.5, 0.6) is 5.75 Å². The van der Waals surface area contributed by atoms with E-state index < -0.39 is 5.97 Å². The second-order valence-corrected chi connectivity index (χ2v) is 4.86. The number of para-hydroxylation sites is 1. The predicted octanol–water partition coefficient (Wildman–Crippen LogP) is 1.96. The zero-order valence-electron chi connectivity index (χ0n) is 12.6. The lowest BCUT2D eigenvalue weighted by molar-refractivity contribution is 0.0464. The monoisotopic (exact) mass is 314 g/mol. The van der Waals surface area contributed by atoms with Gasteiger partial charge in [-0.2, -0.15) is 0 Å². The maximum atomic E-state index is 12.1. The van der Waals surface area contributed by atoms with Gasteiger partial charge < -0.3 is 14.0 Å². The smallest absolute Gasteiger partial charge is 0.342 e. The Labute approximate surface area is 131 Å². The molecule has 1 aromatic carbocycles. The Hall–Kier alpha value is -3.09. The Balaban J connectivity index is 1.80. The van der Waals surface area contributed by atoms with Crippen molar-refractivity contribution in [3.05, 3.63) is 63.8 Å². The van der Waals surface area contributed by atoms with Crippen molar-refractivity contribution in [2.45, 2.75) is 13.5 Å². The molecule has 0 N–H and O–H groups in total. The Morgan fingerprint density at radius 1 is 1.30 bits per heavy atom. The molecule has 0 unspecified atom stereocenters. The third kappa shape index (κ3) is 2.94. The highest BCUT2D eigenvalue weighted by Crippen LogP contribution is 2.18. The van der Waals surface area contributed by atoms with Gasteiger partial charge >= 0.3 is 5.97 Å². The molecule has 118 valence electrons. The number of carbonyl (C=O) groups is 1. The van der Waals surface area contributed by atoms with Crippen LogP contribution < -0.4 is 10.3 Å². The average Bonchev–Trinajstić information content (AvgIpc) is 2.93. The number of methoxy groups -OCH3 is 1. The molecule has 0 aliphatic carbocycles. The zero-order valence-corrected chi connectivity index (χ0v) is 12.6. The summed E-state index contributed by atoms with van der Waals surface area (Å²) in [5, 5.41) is 0. The first-order valence-corrected chi connectivity index (χ1v) is 6.88. The van der Waals surface area contributed by atoms with Crippen molar-refractivity contribution < 1.29 is 18.8 Å². The highest BCUT2D eigenvalue weighted by atomic mass is 16.5. The molecule has 3 aromatic rings. The van der Waals surface area contributed by atoms with Crippen molar-refractivity contribution >= 4 is 11.6 Å². The minimum atomic E-state index is -0.548. The van der Waals surface area contributed by atoms with Crippen LogP contribution in [0.1, 0.15) is 21.8 Å². The van der Waals surface area contributed by atoms with Crippen LogP contribution in [0.4, 0.5) is 0 Å². The zero-order chi connectivity index (χ0) is 16.4. The Morgan fingerprint density at radius 3 is 2.87 bits per heavy atom. The van der Waals surface area contributed by atoms with Crippen molar-refractivity contribution in [2.24, 2.45) is 0 Å². The van der Waals surface area contributed by atoms with Crippen LogP contribution in [0.3, 0.4) is 0 Å². The van der Waals surface area contributed by atoms with Gasteiger partial charge in [-0.3, -0.25) is 4.79 Å². The number of ether oxygens (including phenoxy) is 2. The van der Waals surface area contributed by atoms with Gasteiger partial charge in [-0.05, 0) is 19.1 Å². The normalized spacial score (nSPS) is 10.7. The van der Waals surface area contributed by atoms with Gasteiger partial charge in [0.2, 0.25) is 0 Å². The van der Waals surface area contributed by atoms with E-state index in [0.29, 0.717) is 28.4 Å². The maximum absolute atomic E-state index is 12.1.